The molecular weight excluding hydrogens is 254 g/mol. The van der Waals surface area contributed by atoms with E-state index < -0.39 is 0 Å². The van der Waals surface area contributed by atoms with Gasteiger partial charge in [-0.05, 0) is 19.4 Å². The number of carbonyl (C=O) groups is 1. The standard InChI is InChI=1S/C12H16ClN3O2/c1-8-7-16(3-2-4-18-8)12(17)9-5-10(13)11(14)15-6-9/h5-6,8H,2-4,7H2,1H3,(H2,14,15). The minimum absolute atomic E-state index is 0.0497. The van der Waals surface area contributed by atoms with Gasteiger partial charge in [0.1, 0.15) is 5.82 Å². The van der Waals surface area contributed by atoms with Crippen LogP contribution in [0.2, 0.25) is 5.02 Å². The summed E-state index contributed by atoms with van der Waals surface area (Å²) in [5, 5.41) is 0.306. The summed E-state index contributed by atoms with van der Waals surface area (Å²) in [7, 11) is 0. The van der Waals surface area contributed by atoms with E-state index in [9.17, 15) is 4.79 Å². The molecule has 0 bridgehead atoms. The number of hydrogen-bond acceptors (Lipinski definition) is 4. The molecule has 0 aromatic carbocycles. The fourth-order valence-corrected chi connectivity index (χ4v) is 2.09. The number of carbonyl (C=O) groups excluding carboxylic acids is 1. The zero-order chi connectivity index (χ0) is 13.1. The maximum absolute atomic E-state index is 12.3. The predicted octanol–water partition coefficient (Wildman–Crippen LogP) is 1.57. The Kier molecular flexibility index (Phi) is 4.04. The van der Waals surface area contributed by atoms with E-state index >= 15 is 0 Å². The van der Waals surface area contributed by atoms with Gasteiger partial charge in [0, 0.05) is 25.9 Å². The Morgan fingerprint density at radius 1 is 1.67 bits per heavy atom. The summed E-state index contributed by atoms with van der Waals surface area (Å²) in [6.07, 6.45) is 2.35. The molecule has 1 saturated heterocycles. The van der Waals surface area contributed by atoms with Crippen LogP contribution in [0.15, 0.2) is 12.3 Å². The van der Waals surface area contributed by atoms with Crippen molar-refractivity contribution in [3.8, 4) is 0 Å². The van der Waals surface area contributed by atoms with Gasteiger partial charge in [-0.15, -0.1) is 0 Å². The van der Waals surface area contributed by atoms with Gasteiger partial charge in [-0.1, -0.05) is 11.6 Å². The van der Waals surface area contributed by atoms with Crippen LogP contribution in [0, 0.1) is 0 Å². The van der Waals surface area contributed by atoms with E-state index in [1.54, 1.807) is 11.0 Å². The Labute approximate surface area is 111 Å². The number of halogens is 1. The van der Waals surface area contributed by atoms with Gasteiger partial charge in [-0.2, -0.15) is 0 Å². The summed E-state index contributed by atoms with van der Waals surface area (Å²) >= 11 is 5.87. The lowest BCUT2D eigenvalue weighted by atomic mass is 10.2. The van der Waals surface area contributed by atoms with E-state index in [2.05, 4.69) is 4.98 Å². The molecule has 0 radical (unpaired) electrons. The zero-order valence-electron chi connectivity index (χ0n) is 10.2. The number of amides is 1. The lowest BCUT2D eigenvalue weighted by molar-refractivity contribution is 0.0562. The number of hydrogen-bond donors (Lipinski definition) is 1. The molecule has 98 valence electrons. The topological polar surface area (TPSA) is 68.5 Å². The number of ether oxygens (including phenoxy) is 1. The van der Waals surface area contributed by atoms with Crippen LogP contribution in [0.1, 0.15) is 23.7 Å². The average molecular weight is 270 g/mol. The third-order valence-corrected chi connectivity index (χ3v) is 3.16. The van der Waals surface area contributed by atoms with E-state index in [-0.39, 0.29) is 17.8 Å². The van der Waals surface area contributed by atoms with Gasteiger partial charge < -0.3 is 15.4 Å². The summed E-state index contributed by atoms with van der Waals surface area (Å²) in [5.74, 6) is 0.155. The quantitative estimate of drug-likeness (QED) is 0.840. The Morgan fingerprint density at radius 3 is 3.17 bits per heavy atom. The molecule has 18 heavy (non-hydrogen) atoms. The molecule has 1 amide bonds. The van der Waals surface area contributed by atoms with Crippen molar-refractivity contribution in [2.45, 2.75) is 19.4 Å². The monoisotopic (exact) mass is 269 g/mol. The molecule has 1 aliphatic heterocycles. The second kappa shape index (κ2) is 5.54. The molecule has 0 aliphatic carbocycles. The number of nitrogens with two attached hydrogens (primary N) is 1. The summed E-state index contributed by atoms with van der Waals surface area (Å²) < 4.78 is 5.51. The van der Waals surface area contributed by atoms with Gasteiger partial charge in [-0.25, -0.2) is 4.98 Å². The molecule has 5 nitrogen and oxygen atoms in total. The summed E-state index contributed by atoms with van der Waals surface area (Å²) in [4.78, 5) is 18.0. The molecule has 1 aromatic heterocycles. The van der Waals surface area contributed by atoms with Crippen LogP contribution in [0.3, 0.4) is 0 Å². The molecular formula is C12H16ClN3O2. The molecule has 2 rings (SSSR count). The van der Waals surface area contributed by atoms with Crippen LogP contribution in [0.25, 0.3) is 0 Å². The number of rotatable bonds is 1. The number of nitrogen functional groups attached to an aromatic ring is 1. The second-order valence-electron chi connectivity index (χ2n) is 4.38. The Bertz CT molecular complexity index is 453. The van der Waals surface area contributed by atoms with Gasteiger partial charge in [0.2, 0.25) is 0 Å². The summed E-state index contributed by atoms with van der Waals surface area (Å²) in [5.41, 5.74) is 5.99. The molecule has 1 atom stereocenters. The Morgan fingerprint density at radius 2 is 2.44 bits per heavy atom. The first-order valence-electron chi connectivity index (χ1n) is 5.90. The summed E-state index contributed by atoms with van der Waals surface area (Å²) in [6, 6.07) is 1.56. The number of aromatic nitrogens is 1. The molecule has 0 spiro atoms. The Hall–Kier alpha value is -1.33. The van der Waals surface area contributed by atoms with E-state index in [4.69, 9.17) is 22.1 Å². The smallest absolute Gasteiger partial charge is 0.255 e. The molecule has 2 heterocycles. The fourth-order valence-electron chi connectivity index (χ4n) is 1.93. The lowest BCUT2D eigenvalue weighted by Crippen LogP contribution is -2.36. The highest BCUT2D eigenvalue weighted by Gasteiger charge is 2.21. The Balaban J connectivity index is 2.16. The molecule has 0 saturated carbocycles. The van der Waals surface area contributed by atoms with Crippen LogP contribution in [0.4, 0.5) is 5.82 Å². The number of anilines is 1. The van der Waals surface area contributed by atoms with E-state index in [0.717, 1.165) is 6.42 Å². The van der Waals surface area contributed by atoms with Crippen LogP contribution < -0.4 is 5.73 Å². The van der Waals surface area contributed by atoms with Crippen LogP contribution in [-0.2, 0) is 4.74 Å². The van der Waals surface area contributed by atoms with E-state index in [0.29, 0.717) is 30.3 Å². The molecule has 6 heteroatoms. The van der Waals surface area contributed by atoms with Gasteiger partial charge >= 0.3 is 0 Å². The third kappa shape index (κ3) is 2.91. The van der Waals surface area contributed by atoms with Crippen molar-refractivity contribution in [3.63, 3.8) is 0 Å². The third-order valence-electron chi connectivity index (χ3n) is 2.86. The molecule has 1 fully saturated rings. The maximum atomic E-state index is 12.3. The highest BCUT2D eigenvalue weighted by atomic mass is 35.5. The molecule has 1 unspecified atom stereocenters. The SMILES string of the molecule is CC1CN(C(=O)c2cnc(N)c(Cl)c2)CCCO1. The van der Waals surface area contributed by atoms with Crippen LogP contribution >= 0.6 is 11.6 Å². The van der Waals surface area contributed by atoms with Crippen molar-refractivity contribution in [2.24, 2.45) is 0 Å². The first-order valence-corrected chi connectivity index (χ1v) is 6.27. The maximum Gasteiger partial charge on any atom is 0.255 e. The zero-order valence-corrected chi connectivity index (χ0v) is 11.0. The van der Waals surface area contributed by atoms with Crippen LogP contribution in [-0.4, -0.2) is 41.6 Å². The minimum Gasteiger partial charge on any atom is -0.382 e. The fraction of sp³-hybridized carbons (Fsp3) is 0.500. The van der Waals surface area contributed by atoms with E-state index in [1.165, 1.54) is 6.20 Å². The van der Waals surface area contributed by atoms with Crippen molar-refractivity contribution in [3.05, 3.63) is 22.8 Å². The van der Waals surface area contributed by atoms with Crippen molar-refractivity contribution in [1.82, 2.24) is 9.88 Å². The van der Waals surface area contributed by atoms with Gasteiger partial charge in [0.25, 0.3) is 5.91 Å². The van der Waals surface area contributed by atoms with Crippen LogP contribution in [0.5, 0.6) is 0 Å². The van der Waals surface area contributed by atoms with Crippen molar-refractivity contribution in [1.29, 1.82) is 0 Å². The highest BCUT2D eigenvalue weighted by Crippen LogP contribution is 2.18. The average Bonchev–Trinajstić information content (AvgIpc) is 2.56. The summed E-state index contributed by atoms with van der Waals surface area (Å²) in [6.45, 7) is 3.91. The van der Waals surface area contributed by atoms with Gasteiger partial charge in [-0.3, -0.25) is 4.79 Å². The normalized spacial score (nSPS) is 20.6. The lowest BCUT2D eigenvalue weighted by Gasteiger charge is -2.22. The number of pyridine rings is 1. The van der Waals surface area contributed by atoms with Gasteiger partial charge in [0.15, 0.2) is 0 Å². The predicted molar refractivity (Wildman–Crippen MR) is 69.6 cm³/mol. The van der Waals surface area contributed by atoms with Crippen molar-refractivity contribution < 1.29 is 9.53 Å². The largest absolute Gasteiger partial charge is 0.382 e. The minimum atomic E-state index is -0.0817. The second-order valence-corrected chi connectivity index (χ2v) is 4.78. The molecule has 1 aromatic rings. The first-order chi connectivity index (χ1) is 8.58. The molecule has 2 N–H and O–H groups in total. The van der Waals surface area contributed by atoms with Crippen molar-refractivity contribution >= 4 is 23.3 Å². The molecule has 1 aliphatic rings. The van der Waals surface area contributed by atoms with E-state index in [1.807, 2.05) is 6.92 Å². The first kappa shape index (κ1) is 13.1. The highest BCUT2D eigenvalue weighted by molar-refractivity contribution is 6.33. The van der Waals surface area contributed by atoms with Gasteiger partial charge in [0.05, 0.1) is 16.7 Å². The van der Waals surface area contributed by atoms with Crippen molar-refractivity contribution in [2.75, 3.05) is 25.4 Å². The number of nitrogens with zero attached hydrogens (tertiary/aromatic N) is 2.